The summed E-state index contributed by atoms with van der Waals surface area (Å²) in [6.45, 7) is 0. The van der Waals surface area contributed by atoms with Crippen LogP contribution in [0.1, 0.15) is 5.56 Å². The van der Waals surface area contributed by atoms with Gasteiger partial charge in [-0.25, -0.2) is 0 Å². The molecule has 0 saturated heterocycles. The van der Waals surface area contributed by atoms with Gasteiger partial charge in [-0.2, -0.15) is 0 Å². The molecule has 0 atom stereocenters. The van der Waals surface area contributed by atoms with E-state index in [-0.39, 0.29) is 5.75 Å². The van der Waals surface area contributed by atoms with Crippen LogP contribution in [0, 0.1) is 0 Å². The van der Waals surface area contributed by atoms with Crippen LogP contribution in [0.25, 0.3) is 17.2 Å². The van der Waals surface area contributed by atoms with Gasteiger partial charge in [0, 0.05) is 6.08 Å². The SMILES string of the molecule is NC(=O)/C=C/c1ccccc1-c1ccc(O)cc1. The standard InChI is InChI=1S/C15H13NO2/c16-15(18)10-7-11-3-1-2-4-14(11)12-5-8-13(17)9-6-12/h1-10,17H,(H2,16,18)/b10-7+. The number of phenolic OH excluding ortho intramolecular Hbond substituents is 1. The monoisotopic (exact) mass is 239 g/mol. The Kier molecular flexibility index (Phi) is 3.44. The van der Waals surface area contributed by atoms with E-state index >= 15 is 0 Å². The highest BCUT2D eigenvalue weighted by Crippen LogP contribution is 2.26. The predicted molar refractivity (Wildman–Crippen MR) is 71.8 cm³/mol. The van der Waals surface area contributed by atoms with E-state index in [9.17, 15) is 9.90 Å². The molecule has 3 N–H and O–H groups in total. The van der Waals surface area contributed by atoms with Gasteiger partial charge in [-0.15, -0.1) is 0 Å². The zero-order valence-corrected chi connectivity index (χ0v) is 9.71. The number of nitrogens with two attached hydrogens (primary N) is 1. The average Bonchev–Trinajstić information content (AvgIpc) is 2.38. The molecule has 0 radical (unpaired) electrons. The van der Waals surface area contributed by atoms with Gasteiger partial charge >= 0.3 is 0 Å². The summed E-state index contributed by atoms with van der Waals surface area (Å²) in [4.78, 5) is 10.8. The van der Waals surface area contributed by atoms with Crippen molar-refractivity contribution < 1.29 is 9.90 Å². The lowest BCUT2D eigenvalue weighted by atomic mass is 9.99. The van der Waals surface area contributed by atoms with Crippen LogP contribution < -0.4 is 5.73 Å². The molecule has 2 aromatic rings. The molecule has 0 heterocycles. The molecule has 0 unspecified atom stereocenters. The molecule has 1 amide bonds. The van der Waals surface area contributed by atoms with E-state index in [1.807, 2.05) is 36.4 Å². The number of hydrogen-bond acceptors (Lipinski definition) is 2. The maximum Gasteiger partial charge on any atom is 0.241 e. The fraction of sp³-hybridized carbons (Fsp3) is 0. The first-order valence-corrected chi connectivity index (χ1v) is 5.53. The Labute approximate surface area is 105 Å². The van der Waals surface area contributed by atoms with E-state index in [2.05, 4.69) is 0 Å². The molecule has 2 rings (SSSR count). The van der Waals surface area contributed by atoms with Crippen LogP contribution in [0.4, 0.5) is 0 Å². The summed E-state index contributed by atoms with van der Waals surface area (Å²) in [5.74, 6) is -0.251. The Morgan fingerprint density at radius 3 is 2.39 bits per heavy atom. The summed E-state index contributed by atoms with van der Waals surface area (Å²) < 4.78 is 0. The molecule has 3 heteroatoms. The maximum absolute atomic E-state index is 10.8. The number of rotatable bonds is 3. The number of benzene rings is 2. The van der Waals surface area contributed by atoms with Gasteiger partial charge in [-0.1, -0.05) is 36.4 Å². The summed E-state index contributed by atoms with van der Waals surface area (Å²) in [7, 11) is 0. The zero-order chi connectivity index (χ0) is 13.0. The van der Waals surface area contributed by atoms with Gasteiger partial charge in [-0.05, 0) is 34.9 Å². The normalized spacial score (nSPS) is 10.7. The van der Waals surface area contributed by atoms with Gasteiger partial charge in [0.15, 0.2) is 0 Å². The molecule has 0 spiro atoms. The first kappa shape index (κ1) is 11.9. The Morgan fingerprint density at radius 2 is 1.72 bits per heavy atom. The van der Waals surface area contributed by atoms with Crippen molar-refractivity contribution in [2.75, 3.05) is 0 Å². The first-order valence-electron chi connectivity index (χ1n) is 5.53. The molecular weight excluding hydrogens is 226 g/mol. The lowest BCUT2D eigenvalue weighted by molar-refractivity contribution is -0.113. The van der Waals surface area contributed by atoms with Crippen molar-refractivity contribution in [1.82, 2.24) is 0 Å². The average molecular weight is 239 g/mol. The highest BCUT2D eigenvalue weighted by molar-refractivity contribution is 5.91. The molecule has 0 aliphatic heterocycles. The van der Waals surface area contributed by atoms with Crippen LogP contribution >= 0.6 is 0 Å². The third kappa shape index (κ3) is 2.77. The van der Waals surface area contributed by atoms with E-state index in [1.165, 1.54) is 6.08 Å². The van der Waals surface area contributed by atoms with Crippen LogP contribution in [0.5, 0.6) is 5.75 Å². The van der Waals surface area contributed by atoms with Gasteiger partial charge in [0.1, 0.15) is 5.75 Å². The van der Waals surface area contributed by atoms with E-state index in [1.54, 1.807) is 18.2 Å². The molecule has 90 valence electrons. The predicted octanol–water partition coefficient (Wildman–Crippen LogP) is 2.56. The molecular formula is C15H13NO2. The number of carbonyl (C=O) groups excluding carboxylic acids is 1. The van der Waals surface area contributed by atoms with Crippen LogP contribution in [0.2, 0.25) is 0 Å². The van der Waals surface area contributed by atoms with Gasteiger partial charge in [0.05, 0.1) is 0 Å². The Hall–Kier alpha value is -2.55. The first-order chi connectivity index (χ1) is 8.66. The number of phenols is 1. The summed E-state index contributed by atoms with van der Waals surface area (Å²) in [5.41, 5.74) is 7.95. The number of aromatic hydroxyl groups is 1. The quantitative estimate of drug-likeness (QED) is 0.808. The number of carbonyl (C=O) groups is 1. The number of hydrogen-bond donors (Lipinski definition) is 2. The van der Waals surface area contributed by atoms with Crippen molar-refractivity contribution in [3.8, 4) is 16.9 Å². The van der Waals surface area contributed by atoms with Crippen LogP contribution in [-0.2, 0) is 4.79 Å². The van der Waals surface area contributed by atoms with E-state index in [4.69, 9.17) is 5.73 Å². The molecule has 0 bridgehead atoms. The molecule has 18 heavy (non-hydrogen) atoms. The van der Waals surface area contributed by atoms with Crippen molar-refractivity contribution in [3.05, 3.63) is 60.2 Å². The van der Waals surface area contributed by atoms with Crippen LogP contribution in [-0.4, -0.2) is 11.0 Å². The third-order valence-corrected chi connectivity index (χ3v) is 2.57. The fourth-order valence-electron chi connectivity index (χ4n) is 1.72. The molecule has 0 aromatic heterocycles. The fourth-order valence-corrected chi connectivity index (χ4v) is 1.72. The number of amides is 1. The van der Waals surface area contributed by atoms with Gasteiger partial charge in [-0.3, -0.25) is 4.79 Å². The van der Waals surface area contributed by atoms with Gasteiger partial charge < -0.3 is 10.8 Å². The Bertz CT molecular complexity index is 586. The van der Waals surface area contributed by atoms with Crippen LogP contribution in [0.3, 0.4) is 0 Å². The third-order valence-electron chi connectivity index (χ3n) is 2.57. The summed E-state index contributed by atoms with van der Waals surface area (Å²) in [5, 5.41) is 9.27. The molecule has 0 fully saturated rings. The largest absolute Gasteiger partial charge is 0.508 e. The smallest absolute Gasteiger partial charge is 0.241 e. The van der Waals surface area contributed by atoms with E-state index in [0.717, 1.165) is 16.7 Å². The molecule has 0 saturated carbocycles. The second kappa shape index (κ2) is 5.19. The summed E-state index contributed by atoms with van der Waals surface area (Å²) in [6.07, 6.45) is 3.02. The van der Waals surface area contributed by atoms with Crippen molar-refractivity contribution in [2.24, 2.45) is 5.73 Å². The van der Waals surface area contributed by atoms with Crippen molar-refractivity contribution in [1.29, 1.82) is 0 Å². The topological polar surface area (TPSA) is 63.3 Å². The molecule has 0 aliphatic carbocycles. The second-order valence-corrected chi connectivity index (χ2v) is 3.87. The minimum atomic E-state index is -0.476. The van der Waals surface area contributed by atoms with Gasteiger partial charge in [0.25, 0.3) is 0 Å². The second-order valence-electron chi connectivity index (χ2n) is 3.87. The summed E-state index contributed by atoms with van der Waals surface area (Å²) >= 11 is 0. The van der Waals surface area contributed by atoms with E-state index in [0.29, 0.717) is 0 Å². The van der Waals surface area contributed by atoms with Gasteiger partial charge in [0.2, 0.25) is 5.91 Å². The van der Waals surface area contributed by atoms with Crippen LogP contribution in [0.15, 0.2) is 54.6 Å². The Morgan fingerprint density at radius 1 is 1.06 bits per heavy atom. The molecule has 3 nitrogen and oxygen atoms in total. The molecule has 0 aliphatic rings. The maximum atomic E-state index is 10.8. The number of primary amides is 1. The van der Waals surface area contributed by atoms with E-state index < -0.39 is 5.91 Å². The van der Waals surface area contributed by atoms with Crippen molar-refractivity contribution in [2.45, 2.75) is 0 Å². The lowest BCUT2D eigenvalue weighted by Crippen LogP contribution is -2.05. The van der Waals surface area contributed by atoms with Crippen molar-refractivity contribution in [3.63, 3.8) is 0 Å². The zero-order valence-electron chi connectivity index (χ0n) is 9.71. The van der Waals surface area contributed by atoms with Crippen molar-refractivity contribution >= 4 is 12.0 Å². The highest BCUT2D eigenvalue weighted by atomic mass is 16.3. The minimum absolute atomic E-state index is 0.226. The Balaban J connectivity index is 2.44. The lowest BCUT2D eigenvalue weighted by Gasteiger charge is -2.06. The summed E-state index contributed by atoms with van der Waals surface area (Å²) in [6, 6.07) is 14.6. The minimum Gasteiger partial charge on any atom is -0.508 e. The molecule has 2 aromatic carbocycles. The highest BCUT2D eigenvalue weighted by Gasteiger charge is 2.02.